The average Bonchev–Trinajstić information content (AvgIpc) is 2.81. The van der Waals surface area contributed by atoms with E-state index in [0.717, 1.165) is 12.8 Å². The molecule has 9 heteroatoms. The summed E-state index contributed by atoms with van der Waals surface area (Å²) < 4.78 is 16.2. The van der Waals surface area contributed by atoms with E-state index in [-0.39, 0.29) is 36.9 Å². The lowest BCUT2D eigenvalue weighted by molar-refractivity contribution is -0.149. The zero-order chi connectivity index (χ0) is 26.5. The Morgan fingerprint density at radius 1 is 0.914 bits per heavy atom. The lowest BCUT2D eigenvalue weighted by atomic mass is 9.82. The van der Waals surface area contributed by atoms with E-state index in [9.17, 15) is 24.3 Å². The number of hydrogen-bond donors (Lipinski definition) is 2. The Kier molecular flexibility index (Phi) is 13.0. The van der Waals surface area contributed by atoms with Crippen molar-refractivity contribution in [3.05, 3.63) is 23.8 Å². The van der Waals surface area contributed by atoms with E-state index < -0.39 is 41.8 Å². The summed E-state index contributed by atoms with van der Waals surface area (Å²) in [5.41, 5.74) is 6.48. The van der Waals surface area contributed by atoms with Crippen molar-refractivity contribution in [2.24, 2.45) is 17.6 Å². The van der Waals surface area contributed by atoms with E-state index in [1.165, 1.54) is 12.1 Å². The van der Waals surface area contributed by atoms with Crippen LogP contribution < -0.4 is 15.2 Å². The Morgan fingerprint density at radius 2 is 1.46 bits per heavy atom. The van der Waals surface area contributed by atoms with Crippen molar-refractivity contribution >= 4 is 23.9 Å². The molecule has 3 atom stereocenters. The first-order valence-corrected chi connectivity index (χ1v) is 12.2. The van der Waals surface area contributed by atoms with Gasteiger partial charge in [-0.05, 0) is 36.5 Å². The predicted molar refractivity (Wildman–Crippen MR) is 130 cm³/mol. The van der Waals surface area contributed by atoms with Gasteiger partial charge in [0.1, 0.15) is 6.04 Å². The van der Waals surface area contributed by atoms with E-state index in [1.807, 2.05) is 13.8 Å². The monoisotopic (exact) mass is 493 g/mol. The number of esters is 3. The SMILES string of the molecule is CCCCC(=O)Oc1ccc(C(C(C)COC(=O)C(C)C)[C@H](N)C(=O)O)cc1OC(=O)CCCC. The fourth-order valence-corrected chi connectivity index (χ4v) is 3.41. The quantitative estimate of drug-likeness (QED) is 0.271. The summed E-state index contributed by atoms with van der Waals surface area (Å²) in [5, 5.41) is 9.61. The Bertz CT molecular complexity index is 867. The minimum absolute atomic E-state index is 0.0161. The largest absolute Gasteiger partial charge is 0.480 e. The molecule has 1 aromatic carbocycles. The fraction of sp³-hybridized carbons (Fsp3) is 0.615. The van der Waals surface area contributed by atoms with E-state index in [2.05, 4.69) is 0 Å². The second-order valence-electron chi connectivity index (χ2n) is 9.01. The summed E-state index contributed by atoms with van der Waals surface area (Å²) in [6.07, 6.45) is 3.31. The van der Waals surface area contributed by atoms with Gasteiger partial charge in [-0.15, -0.1) is 0 Å². The van der Waals surface area contributed by atoms with Crippen molar-refractivity contribution in [3.63, 3.8) is 0 Å². The molecule has 1 rings (SSSR count). The fourth-order valence-electron chi connectivity index (χ4n) is 3.41. The summed E-state index contributed by atoms with van der Waals surface area (Å²) >= 11 is 0. The second-order valence-corrected chi connectivity index (χ2v) is 9.01. The molecule has 9 nitrogen and oxygen atoms in total. The standard InChI is InChI=1S/C26H39NO8/c1-6-8-10-21(28)34-19-13-12-18(14-20(19)35-22(29)11-9-7-2)23(24(27)25(30)31)17(5)15-33-26(32)16(3)4/h12-14,16-17,23-24H,6-11,15,27H2,1-5H3,(H,30,31)/t17?,23?,24-/m0/s1. The Hall–Kier alpha value is -2.94. The molecule has 0 aromatic heterocycles. The number of carbonyl (C=O) groups is 4. The summed E-state index contributed by atoms with van der Waals surface area (Å²) in [4.78, 5) is 48.2. The van der Waals surface area contributed by atoms with Crippen LogP contribution in [-0.4, -0.2) is 41.6 Å². The highest BCUT2D eigenvalue weighted by Gasteiger charge is 2.33. The van der Waals surface area contributed by atoms with Crippen LogP contribution in [0.25, 0.3) is 0 Å². The van der Waals surface area contributed by atoms with Crippen LogP contribution >= 0.6 is 0 Å². The highest BCUT2D eigenvalue weighted by molar-refractivity contribution is 5.77. The van der Waals surface area contributed by atoms with Gasteiger partial charge >= 0.3 is 23.9 Å². The van der Waals surface area contributed by atoms with Crippen LogP contribution in [0.1, 0.15) is 84.6 Å². The molecule has 0 saturated carbocycles. The number of carboxylic acids is 1. The van der Waals surface area contributed by atoms with E-state index in [4.69, 9.17) is 19.9 Å². The number of nitrogens with two attached hydrogens (primary N) is 1. The number of carboxylic acid groups (broad SMARTS) is 1. The molecule has 35 heavy (non-hydrogen) atoms. The highest BCUT2D eigenvalue weighted by atomic mass is 16.6. The maximum atomic E-state index is 12.3. The predicted octanol–water partition coefficient (Wildman–Crippen LogP) is 4.21. The van der Waals surface area contributed by atoms with Crippen LogP contribution in [0, 0.1) is 11.8 Å². The number of aliphatic carboxylic acids is 1. The zero-order valence-electron chi connectivity index (χ0n) is 21.4. The van der Waals surface area contributed by atoms with Crippen LogP contribution in [0.4, 0.5) is 0 Å². The number of unbranched alkanes of at least 4 members (excludes halogenated alkanes) is 2. The molecule has 0 heterocycles. The topological polar surface area (TPSA) is 142 Å². The molecule has 0 saturated heterocycles. The van der Waals surface area contributed by atoms with Crippen LogP contribution in [0.3, 0.4) is 0 Å². The molecular formula is C26H39NO8. The summed E-state index contributed by atoms with van der Waals surface area (Å²) in [5.74, 6) is -4.07. The molecule has 0 aliphatic heterocycles. The molecule has 1 aromatic rings. The molecule has 2 unspecified atom stereocenters. The molecular weight excluding hydrogens is 454 g/mol. The lowest BCUT2D eigenvalue weighted by Crippen LogP contribution is -2.40. The van der Waals surface area contributed by atoms with Crippen molar-refractivity contribution in [1.29, 1.82) is 0 Å². The van der Waals surface area contributed by atoms with Crippen molar-refractivity contribution in [3.8, 4) is 11.5 Å². The van der Waals surface area contributed by atoms with E-state index >= 15 is 0 Å². The van der Waals surface area contributed by atoms with E-state index in [0.29, 0.717) is 18.4 Å². The normalized spacial score (nSPS) is 13.6. The molecule has 0 aliphatic rings. The van der Waals surface area contributed by atoms with Gasteiger partial charge in [-0.3, -0.25) is 19.2 Å². The summed E-state index contributed by atoms with van der Waals surface area (Å²) in [6, 6.07) is 3.21. The number of hydrogen-bond acceptors (Lipinski definition) is 8. The Labute approximate surface area is 207 Å². The molecule has 196 valence electrons. The van der Waals surface area contributed by atoms with Gasteiger partial charge in [0.05, 0.1) is 12.5 Å². The molecule has 0 amide bonds. The van der Waals surface area contributed by atoms with Crippen molar-refractivity contribution in [2.75, 3.05) is 6.61 Å². The smallest absolute Gasteiger partial charge is 0.321 e. The maximum absolute atomic E-state index is 12.3. The first kappa shape index (κ1) is 30.1. The first-order chi connectivity index (χ1) is 16.5. The van der Waals surface area contributed by atoms with Crippen LogP contribution in [0.5, 0.6) is 11.5 Å². The van der Waals surface area contributed by atoms with Gasteiger partial charge in [0.2, 0.25) is 0 Å². The third kappa shape index (κ3) is 10.1. The summed E-state index contributed by atoms with van der Waals surface area (Å²) in [7, 11) is 0. The first-order valence-electron chi connectivity index (χ1n) is 12.2. The third-order valence-corrected chi connectivity index (χ3v) is 5.51. The van der Waals surface area contributed by atoms with Crippen molar-refractivity contribution < 1.29 is 38.5 Å². The number of ether oxygens (including phenoxy) is 3. The van der Waals surface area contributed by atoms with Gasteiger partial charge in [-0.2, -0.15) is 0 Å². The average molecular weight is 494 g/mol. The van der Waals surface area contributed by atoms with Gasteiger partial charge in [-0.1, -0.05) is 53.5 Å². The summed E-state index contributed by atoms with van der Waals surface area (Å²) in [6.45, 7) is 8.99. The van der Waals surface area contributed by atoms with Crippen LogP contribution in [0.15, 0.2) is 18.2 Å². The van der Waals surface area contributed by atoms with Gasteiger partial charge in [0.15, 0.2) is 11.5 Å². The molecule has 0 fully saturated rings. The van der Waals surface area contributed by atoms with Gasteiger partial charge < -0.3 is 25.1 Å². The van der Waals surface area contributed by atoms with E-state index in [1.54, 1.807) is 26.8 Å². The van der Waals surface area contributed by atoms with Crippen molar-refractivity contribution in [1.82, 2.24) is 0 Å². The Morgan fingerprint density at radius 3 is 1.94 bits per heavy atom. The zero-order valence-corrected chi connectivity index (χ0v) is 21.4. The number of rotatable bonds is 15. The molecule has 0 aliphatic carbocycles. The highest BCUT2D eigenvalue weighted by Crippen LogP contribution is 2.36. The molecule has 0 radical (unpaired) electrons. The van der Waals surface area contributed by atoms with Crippen molar-refractivity contribution in [2.45, 2.75) is 85.1 Å². The molecule has 0 bridgehead atoms. The Balaban J connectivity index is 3.33. The van der Waals surface area contributed by atoms with Gasteiger partial charge in [0, 0.05) is 18.8 Å². The number of benzene rings is 1. The molecule has 0 spiro atoms. The van der Waals surface area contributed by atoms with Crippen LogP contribution in [-0.2, 0) is 23.9 Å². The number of carbonyl (C=O) groups excluding carboxylic acids is 3. The minimum atomic E-state index is -1.32. The second kappa shape index (κ2) is 15.1. The molecule has 3 N–H and O–H groups in total. The third-order valence-electron chi connectivity index (χ3n) is 5.51. The minimum Gasteiger partial charge on any atom is -0.480 e. The lowest BCUT2D eigenvalue weighted by Gasteiger charge is -2.28. The van der Waals surface area contributed by atoms with Crippen LogP contribution in [0.2, 0.25) is 0 Å². The van der Waals surface area contributed by atoms with Gasteiger partial charge in [0.25, 0.3) is 0 Å². The maximum Gasteiger partial charge on any atom is 0.321 e. The van der Waals surface area contributed by atoms with Gasteiger partial charge in [-0.25, -0.2) is 0 Å².